The highest BCUT2D eigenvalue weighted by Gasteiger charge is 2.24. The van der Waals surface area contributed by atoms with Crippen LogP contribution >= 0.6 is 0 Å². The fourth-order valence-corrected chi connectivity index (χ4v) is 4.06. The molecule has 0 saturated carbocycles. The molecule has 6 nitrogen and oxygen atoms in total. The summed E-state index contributed by atoms with van der Waals surface area (Å²) < 4.78 is 11.0. The normalized spacial score (nSPS) is 17.0. The van der Waals surface area contributed by atoms with E-state index in [4.69, 9.17) is 14.5 Å². The van der Waals surface area contributed by atoms with Crippen LogP contribution in [0.1, 0.15) is 42.5 Å². The predicted octanol–water partition coefficient (Wildman–Crippen LogP) is 2.90. The van der Waals surface area contributed by atoms with Crippen molar-refractivity contribution < 1.29 is 9.47 Å². The van der Waals surface area contributed by atoms with Gasteiger partial charge in [0.1, 0.15) is 12.4 Å². The highest BCUT2D eigenvalue weighted by molar-refractivity contribution is 5.42. The molecule has 144 valence electrons. The summed E-state index contributed by atoms with van der Waals surface area (Å²) in [6.07, 6.45) is 5.16. The number of fused-ring (bicyclic) bond motifs is 2. The average Bonchev–Trinajstić information content (AvgIpc) is 2.89. The van der Waals surface area contributed by atoms with Crippen LogP contribution in [-0.4, -0.2) is 36.8 Å². The highest BCUT2D eigenvalue weighted by Crippen LogP contribution is 2.28. The summed E-state index contributed by atoms with van der Waals surface area (Å²) >= 11 is 0. The molecule has 0 amide bonds. The Morgan fingerprint density at radius 1 is 1.30 bits per heavy atom. The van der Waals surface area contributed by atoms with Crippen LogP contribution in [-0.2, 0) is 17.8 Å². The van der Waals surface area contributed by atoms with Gasteiger partial charge in [0, 0.05) is 38.8 Å². The quantitative estimate of drug-likeness (QED) is 0.821. The average molecular weight is 369 g/mol. The van der Waals surface area contributed by atoms with Crippen LogP contribution in [0.3, 0.4) is 0 Å². The smallest absolute Gasteiger partial charge is 0.256 e. The summed E-state index contributed by atoms with van der Waals surface area (Å²) in [5.41, 5.74) is 2.47. The number of benzene rings is 1. The molecule has 1 N–H and O–H groups in total. The van der Waals surface area contributed by atoms with Gasteiger partial charge in [-0.15, -0.1) is 0 Å². The molecule has 27 heavy (non-hydrogen) atoms. The van der Waals surface area contributed by atoms with Crippen molar-refractivity contribution in [1.29, 1.82) is 0 Å². The van der Waals surface area contributed by atoms with Crippen molar-refractivity contribution >= 4 is 5.95 Å². The van der Waals surface area contributed by atoms with Crippen LogP contribution in [0, 0.1) is 5.92 Å². The molecule has 1 saturated heterocycles. The summed E-state index contributed by atoms with van der Waals surface area (Å²) in [6, 6.07) is 7.88. The van der Waals surface area contributed by atoms with Crippen LogP contribution < -0.4 is 15.2 Å². The van der Waals surface area contributed by atoms with Crippen LogP contribution in [0.25, 0.3) is 0 Å². The second-order valence-corrected chi connectivity index (χ2v) is 7.45. The molecule has 2 aliphatic rings. The minimum absolute atomic E-state index is 0.0440. The van der Waals surface area contributed by atoms with Crippen LogP contribution in [0.4, 0.5) is 5.95 Å². The standard InChI is InChI=1S/C21H27N3O3/c1-26-12-4-5-15-8-10-24(11-9-15)21-22-18-14-27-19-7-3-2-6-16(19)13-17(18)20(25)23-21/h2-3,6-7,15H,4-5,8-14H2,1H3,(H,22,23,25). The molecule has 0 spiro atoms. The van der Waals surface area contributed by atoms with Gasteiger partial charge in [-0.3, -0.25) is 9.78 Å². The van der Waals surface area contributed by atoms with Gasteiger partial charge in [-0.25, -0.2) is 4.98 Å². The first-order valence-electron chi connectivity index (χ1n) is 9.81. The number of anilines is 1. The van der Waals surface area contributed by atoms with E-state index < -0.39 is 0 Å². The minimum Gasteiger partial charge on any atom is -0.487 e. The SMILES string of the molecule is COCCCC1CCN(c2nc3c(c(=O)[nH]2)Cc2ccccc2OC3)CC1. The van der Waals surface area contributed by atoms with Crippen molar-refractivity contribution in [1.82, 2.24) is 9.97 Å². The number of H-pyrrole nitrogens is 1. The molecule has 2 aliphatic heterocycles. The summed E-state index contributed by atoms with van der Waals surface area (Å²) in [4.78, 5) is 22.7. The first-order chi connectivity index (χ1) is 13.2. The lowest BCUT2D eigenvalue weighted by Crippen LogP contribution is -2.36. The number of nitrogens with one attached hydrogen (secondary N) is 1. The van der Waals surface area contributed by atoms with E-state index in [-0.39, 0.29) is 5.56 Å². The second kappa shape index (κ2) is 8.13. The zero-order valence-corrected chi connectivity index (χ0v) is 15.9. The molecule has 4 rings (SSSR count). The second-order valence-electron chi connectivity index (χ2n) is 7.45. The van der Waals surface area contributed by atoms with Crippen molar-refractivity contribution in [3.05, 3.63) is 51.4 Å². The number of aromatic nitrogens is 2. The van der Waals surface area contributed by atoms with Crippen LogP contribution in [0.15, 0.2) is 29.1 Å². The number of ether oxygens (including phenoxy) is 2. The Morgan fingerprint density at radius 3 is 2.93 bits per heavy atom. The van der Waals surface area contributed by atoms with Gasteiger partial charge in [-0.1, -0.05) is 18.2 Å². The van der Waals surface area contributed by atoms with Gasteiger partial charge in [-0.2, -0.15) is 0 Å². The zero-order valence-electron chi connectivity index (χ0n) is 15.9. The summed E-state index contributed by atoms with van der Waals surface area (Å²) in [5.74, 6) is 2.26. The maximum atomic E-state index is 12.7. The molecule has 0 atom stereocenters. The Labute approximate surface area is 159 Å². The van der Waals surface area contributed by atoms with Gasteiger partial charge in [0.05, 0.1) is 5.69 Å². The molecule has 2 aromatic rings. The van der Waals surface area contributed by atoms with E-state index in [1.807, 2.05) is 24.3 Å². The molecule has 3 heterocycles. The maximum Gasteiger partial charge on any atom is 0.256 e. The van der Waals surface area contributed by atoms with E-state index in [1.165, 1.54) is 6.42 Å². The zero-order chi connectivity index (χ0) is 18.6. The summed E-state index contributed by atoms with van der Waals surface area (Å²) in [6.45, 7) is 3.04. The van der Waals surface area contributed by atoms with E-state index in [2.05, 4.69) is 9.88 Å². The molecular formula is C21H27N3O3. The van der Waals surface area contributed by atoms with Crippen molar-refractivity contribution in [3.8, 4) is 5.75 Å². The predicted molar refractivity (Wildman–Crippen MR) is 104 cm³/mol. The number of hydrogen-bond donors (Lipinski definition) is 1. The molecule has 1 aromatic carbocycles. The molecule has 1 fully saturated rings. The Balaban J connectivity index is 1.47. The van der Waals surface area contributed by atoms with Gasteiger partial charge in [0.25, 0.3) is 5.56 Å². The molecule has 6 heteroatoms. The number of aromatic amines is 1. The molecule has 1 aromatic heterocycles. The first-order valence-corrected chi connectivity index (χ1v) is 9.81. The first kappa shape index (κ1) is 18.0. The van der Waals surface area contributed by atoms with Gasteiger partial charge in [-0.05, 0) is 43.2 Å². The molecule has 0 aliphatic carbocycles. The van der Waals surface area contributed by atoms with E-state index in [9.17, 15) is 4.79 Å². The van der Waals surface area contributed by atoms with E-state index in [0.717, 1.165) is 67.4 Å². The number of nitrogens with zero attached hydrogens (tertiary/aromatic N) is 2. The lowest BCUT2D eigenvalue weighted by atomic mass is 9.92. The Hall–Kier alpha value is -2.34. The van der Waals surface area contributed by atoms with Crippen LogP contribution in [0.5, 0.6) is 5.75 Å². The third kappa shape index (κ3) is 4.00. The summed E-state index contributed by atoms with van der Waals surface area (Å²) in [5, 5.41) is 0. The van der Waals surface area contributed by atoms with E-state index >= 15 is 0 Å². The number of hydrogen-bond acceptors (Lipinski definition) is 5. The largest absolute Gasteiger partial charge is 0.487 e. The number of methoxy groups -OCH3 is 1. The van der Waals surface area contributed by atoms with Gasteiger partial charge < -0.3 is 14.4 Å². The number of rotatable bonds is 5. The van der Waals surface area contributed by atoms with Crippen molar-refractivity contribution in [2.75, 3.05) is 31.7 Å². The summed E-state index contributed by atoms with van der Waals surface area (Å²) in [7, 11) is 1.76. The minimum atomic E-state index is -0.0440. The topological polar surface area (TPSA) is 67.5 Å². The monoisotopic (exact) mass is 369 g/mol. The maximum absolute atomic E-state index is 12.7. The molecular weight excluding hydrogens is 342 g/mol. The molecule has 0 radical (unpaired) electrons. The van der Waals surface area contributed by atoms with Gasteiger partial charge in [0.2, 0.25) is 5.95 Å². The van der Waals surface area contributed by atoms with Gasteiger partial charge in [0.15, 0.2) is 0 Å². The van der Waals surface area contributed by atoms with Crippen LogP contribution in [0.2, 0.25) is 0 Å². The van der Waals surface area contributed by atoms with Gasteiger partial charge >= 0.3 is 0 Å². The third-order valence-corrected chi connectivity index (χ3v) is 5.67. The fourth-order valence-electron chi connectivity index (χ4n) is 4.06. The Bertz CT molecular complexity index is 841. The van der Waals surface area contributed by atoms with E-state index in [1.54, 1.807) is 7.11 Å². The lowest BCUT2D eigenvalue weighted by Gasteiger charge is -2.32. The molecule has 0 unspecified atom stereocenters. The lowest BCUT2D eigenvalue weighted by molar-refractivity contribution is 0.183. The number of piperidine rings is 1. The van der Waals surface area contributed by atoms with Crippen molar-refractivity contribution in [2.45, 2.75) is 38.7 Å². The highest BCUT2D eigenvalue weighted by atomic mass is 16.5. The van der Waals surface area contributed by atoms with E-state index in [0.29, 0.717) is 19.0 Å². The number of para-hydroxylation sites is 1. The Kier molecular flexibility index (Phi) is 5.43. The third-order valence-electron chi connectivity index (χ3n) is 5.67. The Morgan fingerprint density at radius 2 is 2.11 bits per heavy atom. The van der Waals surface area contributed by atoms with Crippen molar-refractivity contribution in [3.63, 3.8) is 0 Å². The van der Waals surface area contributed by atoms with Crippen molar-refractivity contribution in [2.24, 2.45) is 5.92 Å². The molecule has 0 bridgehead atoms. The fraction of sp³-hybridized carbons (Fsp3) is 0.524.